The summed E-state index contributed by atoms with van der Waals surface area (Å²) in [6.07, 6.45) is 0.604. The van der Waals surface area contributed by atoms with Crippen LogP contribution in [0.2, 0.25) is 0 Å². The Kier molecular flexibility index (Phi) is 9.89. The summed E-state index contributed by atoms with van der Waals surface area (Å²) in [5.74, 6) is 0.234. The van der Waals surface area contributed by atoms with Crippen molar-refractivity contribution in [1.82, 2.24) is 4.72 Å². The first-order chi connectivity index (χ1) is 11.5. The summed E-state index contributed by atoms with van der Waals surface area (Å²) in [6.45, 7) is 5.64. The third kappa shape index (κ3) is 7.28. The van der Waals surface area contributed by atoms with Crippen molar-refractivity contribution >= 4 is 38.1 Å². The zero-order valence-electron chi connectivity index (χ0n) is 15.4. The fourth-order valence-corrected chi connectivity index (χ4v) is 4.29. The fourth-order valence-electron chi connectivity index (χ4n) is 2.25. The van der Waals surface area contributed by atoms with E-state index in [1.54, 1.807) is 0 Å². The molecule has 0 aliphatic carbocycles. The Morgan fingerprint density at radius 1 is 1.19 bits per heavy atom. The predicted octanol–water partition coefficient (Wildman–Crippen LogP) is 1.53. The maximum atomic E-state index is 12.6. The van der Waals surface area contributed by atoms with Crippen LogP contribution in [0.4, 0.5) is 5.69 Å². The van der Waals surface area contributed by atoms with E-state index in [0.29, 0.717) is 6.42 Å². The normalized spacial score (nSPS) is 13.2. The summed E-state index contributed by atoms with van der Waals surface area (Å²) in [4.78, 5) is -0.0725. The van der Waals surface area contributed by atoms with Crippen LogP contribution in [0.3, 0.4) is 0 Å². The van der Waals surface area contributed by atoms with E-state index in [4.69, 9.17) is 10.5 Å². The summed E-state index contributed by atoms with van der Waals surface area (Å²) >= 11 is 0. The van der Waals surface area contributed by atoms with Gasteiger partial charge < -0.3 is 10.5 Å². The zero-order chi connectivity index (χ0) is 19.3. The second kappa shape index (κ2) is 10.3. The van der Waals surface area contributed by atoms with Gasteiger partial charge in [-0.1, -0.05) is 13.8 Å². The van der Waals surface area contributed by atoms with Crippen molar-refractivity contribution in [3.05, 3.63) is 18.2 Å². The Labute approximate surface area is 162 Å². The van der Waals surface area contributed by atoms with E-state index in [1.807, 2.05) is 13.8 Å². The molecular weight excluding hydrogens is 402 g/mol. The third-order valence-corrected chi connectivity index (χ3v) is 6.34. The molecule has 0 fully saturated rings. The van der Waals surface area contributed by atoms with Gasteiger partial charge in [-0.2, -0.15) is 0 Å². The Hall–Kier alpha value is -1.07. The molecule has 0 bridgehead atoms. The largest absolute Gasteiger partial charge is 0.495 e. The molecule has 4 N–H and O–H groups in total. The topological polar surface area (TPSA) is 128 Å². The van der Waals surface area contributed by atoms with Crippen LogP contribution in [0.1, 0.15) is 27.2 Å². The number of benzene rings is 1. The lowest BCUT2D eigenvalue weighted by Gasteiger charge is -2.20. The van der Waals surface area contributed by atoms with E-state index in [-0.39, 0.29) is 47.0 Å². The molecule has 11 heteroatoms. The molecular formula is C15H28ClN3O5S2. The second-order valence-corrected chi connectivity index (χ2v) is 9.75. The SMILES string of the molecule is CCS(=O)(=O)Nc1ccc(S(=O)(=O)NC(CN)CC(C)C)c(OC)c1.Cl. The quantitative estimate of drug-likeness (QED) is 0.517. The van der Waals surface area contributed by atoms with Gasteiger partial charge in [0.2, 0.25) is 20.0 Å². The molecule has 1 aromatic carbocycles. The van der Waals surface area contributed by atoms with Crippen molar-refractivity contribution in [3.63, 3.8) is 0 Å². The highest BCUT2D eigenvalue weighted by molar-refractivity contribution is 7.92. The molecule has 0 aliphatic rings. The van der Waals surface area contributed by atoms with Crippen molar-refractivity contribution in [2.24, 2.45) is 11.7 Å². The van der Waals surface area contributed by atoms with Gasteiger partial charge in [-0.15, -0.1) is 12.4 Å². The molecule has 1 atom stereocenters. The standard InChI is InChI=1S/C15H27N3O5S2.ClH/c1-5-24(19,20)17-12-6-7-15(14(9-12)23-4)25(21,22)18-13(10-16)8-11(2)3;/h6-7,9,11,13,17-18H,5,8,10,16H2,1-4H3;1H. The average molecular weight is 430 g/mol. The second-order valence-electron chi connectivity index (χ2n) is 6.05. The van der Waals surface area contributed by atoms with Gasteiger partial charge >= 0.3 is 0 Å². The molecule has 1 aromatic rings. The fraction of sp³-hybridized carbons (Fsp3) is 0.600. The first-order valence-corrected chi connectivity index (χ1v) is 11.1. The number of methoxy groups -OCH3 is 1. The van der Waals surface area contributed by atoms with E-state index in [9.17, 15) is 16.8 Å². The molecule has 1 rings (SSSR count). The van der Waals surface area contributed by atoms with Crippen LogP contribution >= 0.6 is 12.4 Å². The summed E-state index contributed by atoms with van der Waals surface area (Å²) in [5, 5.41) is 0. The van der Waals surface area contributed by atoms with Crippen molar-refractivity contribution < 1.29 is 21.6 Å². The number of hydrogen-bond donors (Lipinski definition) is 3. The molecule has 8 nitrogen and oxygen atoms in total. The number of nitrogens with two attached hydrogens (primary N) is 1. The minimum Gasteiger partial charge on any atom is -0.495 e. The van der Waals surface area contributed by atoms with E-state index in [1.165, 1.54) is 32.2 Å². The van der Waals surface area contributed by atoms with Gasteiger partial charge in [0, 0.05) is 18.7 Å². The van der Waals surface area contributed by atoms with Gasteiger partial charge in [0.15, 0.2) is 0 Å². The van der Waals surface area contributed by atoms with E-state index < -0.39 is 26.1 Å². The van der Waals surface area contributed by atoms with E-state index in [0.717, 1.165) is 0 Å². The summed E-state index contributed by atoms with van der Waals surface area (Å²) < 4.78 is 58.6. The molecule has 0 spiro atoms. The van der Waals surface area contributed by atoms with E-state index >= 15 is 0 Å². The summed E-state index contributed by atoms with van der Waals surface area (Å²) in [6, 6.07) is 3.62. The monoisotopic (exact) mass is 429 g/mol. The lowest BCUT2D eigenvalue weighted by Crippen LogP contribution is -2.41. The van der Waals surface area contributed by atoms with Crippen LogP contribution in [0.15, 0.2) is 23.1 Å². The van der Waals surface area contributed by atoms with Gasteiger partial charge in [-0.05, 0) is 31.4 Å². The molecule has 0 saturated carbocycles. The Morgan fingerprint density at radius 2 is 1.81 bits per heavy atom. The molecule has 1 unspecified atom stereocenters. The van der Waals surface area contributed by atoms with Gasteiger partial charge in [0.25, 0.3) is 0 Å². The maximum Gasteiger partial charge on any atom is 0.244 e. The molecule has 0 aromatic heterocycles. The number of halogens is 1. The van der Waals surface area contributed by atoms with Crippen molar-refractivity contribution in [1.29, 1.82) is 0 Å². The highest BCUT2D eigenvalue weighted by Crippen LogP contribution is 2.28. The number of hydrogen-bond acceptors (Lipinski definition) is 6. The first-order valence-electron chi connectivity index (χ1n) is 7.95. The van der Waals surface area contributed by atoms with Gasteiger partial charge in [0.05, 0.1) is 18.6 Å². The highest BCUT2D eigenvalue weighted by Gasteiger charge is 2.24. The van der Waals surface area contributed by atoms with Gasteiger partial charge in [-0.3, -0.25) is 4.72 Å². The van der Waals surface area contributed by atoms with Crippen molar-refractivity contribution in [3.8, 4) is 5.75 Å². The van der Waals surface area contributed by atoms with E-state index in [2.05, 4.69) is 9.44 Å². The maximum absolute atomic E-state index is 12.6. The minimum atomic E-state index is -3.86. The Morgan fingerprint density at radius 3 is 2.27 bits per heavy atom. The van der Waals surface area contributed by atoms with Crippen molar-refractivity contribution in [2.75, 3.05) is 24.1 Å². The van der Waals surface area contributed by atoms with Crippen molar-refractivity contribution in [2.45, 2.75) is 38.1 Å². The highest BCUT2D eigenvalue weighted by atomic mass is 35.5. The number of rotatable bonds is 10. The number of anilines is 1. The average Bonchev–Trinajstić information content (AvgIpc) is 2.52. The molecule has 152 valence electrons. The molecule has 0 aliphatic heterocycles. The van der Waals surface area contributed by atoms with Crippen LogP contribution in [0, 0.1) is 5.92 Å². The Balaban J connectivity index is 0.00000625. The van der Waals surface area contributed by atoms with Gasteiger partial charge in [0.1, 0.15) is 10.6 Å². The number of nitrogens with one attached hydrogen (secondary N) is 2. The zero-order valence-corrected chi connectivity index (χ0v) is 17.8. The minimum absolute atomic E-state index is 0. The van der Waals surface area contributed by atoms with Crippen LogP contribution in [0.25, 0.3) is 0 Å². The molecule has 0 radical (unpaired) electrons. The molecule has 0 heterocycles. The lowest BCUT2D eigenvalue weighted by molar-refractivity contribution is 0.401. The first kappa shape index (κ1) is 24.9. The lowest BCUT2D eigenvalue weighted by atomic mass is 10.1. The molecule has 0 saturated heterocycles. The van der Waals surface area contributed by atoms with Crippen LogP contribution < -0.4 is 19.9 Å². The molecule has 26 heavy (non-hydrogen) atoms. The van der Waals surface area contributed by atoms with Crippen LogP contribution in [-0.4, -0.2) is 42.3 Å². The summed E-state index contributed by atoms with van der Waals surface area (Å²) in [5.41, 5.74) is 5.88. The molecule has 0 amide bonds. The smallest absolute Gasteiger partial charge is 0.244 e. The number of sulfonamides is 2. The predicted molar refractivity (Wildman–Crippen MR) is 106 cm³/mol. The third-order valence-electron chi connectivity index (χ3n) is 3.47. The van der Waals surface area contributed by atoms with Crippen LogP contribution in [0.5, 0.6) is 5.75 Å². The number of ether oxygens (including phenoxy) is 1. The van der Waals surface area contributed by atoms with Crippen LogP contribution in [-0.2, 0) is 20.0 Å². The van der Waals surface area contributed by atoms with Gasteiger partial charge in [-0.25, -0.2) is 21.6 Å². The summed E-state index contributed by atoms with van der Waals surface area (Å²) in [7, 11) is -6.01. The Bertz CT molecular complexity index is 782.